The van der Waals surface area contributed by atoms with Crippen LogP contribution < -0.4 is 10.0 Å². The molecule has 0 aromatic heterocycles. The van der Waals surface area contributed by atoms with Crippen molar-refractivity contribution in [2.24, 2.45) is 0 Å². The van der Waals surface area contributed by atoms with Crippen LogP contribution in [0.2, 0.25) is 0 Å². The van der Waals surface area contributed by atoms with Gasteiger partial charge in [-0.2, -0.15) is 12.7 Å². The quantitative estimate of drug-likeness (QED) is 0.670. The Labute approximate surface area is 121 Å². The molecule has 118 valence electrons. The van der Waals surface area contributed by atoms with Crippen molar-refractivity contribution in [2.75, 3.05) is 52.4 Å². The van der Waals surface area contributed by atoms with Crippen LogP contribution in [0.1, 0.15) is 13.8 Å². The van der Waals surface area contributed by atoms with Crippen LogP contribution in [0.25, 0.3) is 0 Å². The lowest BCUT2D eigenvalue weighted by Gasteiger charge is -2.35. The molecule has 8 heteroatoms. The molecule has 2 atom stereocenters. The zero-order valence-corrected chi connectivity index (χ0v) is 13.2. The molecular formula is C12H26N4O3S. The number of nitrogens with zero attached hydrogens (tertiary/aromatic N) is 2. The molecule has 0 aromatic rings. The smallest absolute Gasteiger partial charge is 0.279 e. The van der Waals surface area contributed by atoms with Crippen LogP contribution in [0.5, 0.6) is 0 Å². The highest BCUT2D eigenvalue weighted by Crippen LogP contribution is 2.14. The second-order valence-electron chi connectivity index (χ2n) is 5.55. The van der Waals surface area contributed by atoms with Gasteiger partial charge in [0.15, 0.2) is 0 Å². The van der Waals surface area contributed by atoms with E-state index in [9.17, 15) is 8.42 Å². The molecular weight excluding hydrogens is 280 g/mol. The van der Waals surface area contributed by atoms with E-state index in [4.69, 9.17) is 4.74 Å². The molecule has 2 heterocycles. The van der Waals surface area contributed by atoms with E-state index < -0.39 is 10.2 Å². The minimum absolute atomic E-state index is 0.0454. The molecule has 2 aliphatic heterocycles. The summed E-state index contributed by atoms with van der Waals surface area (Å²) >= 11 is 0. The summed E-state index contributed by atoms with van der Waals surface area (Å²) in [6, 6.07) is -0.108. The van der Waals surface area contributed by atoms with Crippen LogP contribution in [0.3, 0.4) is 0 Å². The Hall–Kier alpha value is -0.250. The van der Waals surface area contributed by atoms with Crippen molar-refractivity contribution in [1.29, 1.82) is 0 Å². The highest BCUT2D eigenvalue weighted by Gasteiger charge is 2.32. The van der Waals surface area contributed by atoms with Gasteiger partial charge in [0.05, 0.1) is 12.7 Å². The maximum absolute atomic E-state index is 12.3. The van der Waals surface area contributed by atoms with Crippen molar-refractivity contribution < 1.29 is 13.2 Å². The number of morpholine rings is 1. The summed E-state index contributed by atoms with van der Waals surface area (Å²) in [5, 5.41) is 3.28. The third-order valence-electron chi connectivity index (χ3n) is 3.78. The summed E-state index contributed by atoms with van der Waals surface area (Å²) in [6.07, 6.45) is -0.0454. The van der Waals surface area contributed by atoms with E-state index >= 15 is 0 Å². The summed E-state index contributed by atoms with van der Waals surface area (Å²) in [4.78, 5) is 2.27. The van der Waals surface area contributed by atoms with E-state index in [1.54, 1.807) is 0 Å². The number of nitrogens with one attached hydrogen (secondary N) is 2. The first kappa shape index (κ1) is 16.1. The van der Waals surface area contributed by atoms with Crippen LogP contribution in [0.15, 0.2) is 0 Å². The van der Waals surface area contributed by atoms with Crippen molar-refractivity contribution in [1.82, 2.24) is 19.2 Å². The third-order valence-corrected chi connectivity index (χ3v) is 5.48. The first-order valence-corrected chi connectivity index (χ1v) is 8.74. The van der Waals surface area contributed by atoms with Gasteiger partial charge >= 0.3 is 0 Å². The van der Waals surface area contributed by atoms with Gasteiger partial charge in [-0.05, 0) is 13.8 Å². The minimum atomic E-state index is -3.41. The van der Waals surface area contributed by atoms with E-state index in [-0.39, 0.29) is 12.1 Å². The molecule has 2 fully saturated rings. The normalized spacial score (nSPS) is 30.5. The summed E-state index contributed by atoms with van der Waals surface area (Å²) in [7, 11) is -3.41. The molecule has 0 saturated carbocycles. The Morgan fingerprint density at radius 2 is 2.00 bits per heavy atom. The first-order chi connectivity index (χ1) is 9.49. The summed E-state index contributed by atoms with van der Waals surface area (Å²) < 4.78 is 34.3. The van der Waals surface area contributed by atoms with E-state index in [2.05, 4.69) is 14.9 Å². The van der Waals surface area contributed by atoms with Crippen molar-refractivity contribution >= 4 is 10.2 Å². The van der Waals surface area contributed by atoms with Crippen molar-refractivity contribution in [3.63, 3.8) is 0 Å². The topological polar surface area (TPSA) is 73.9 Å². The highest BCUT2D eigenvalue weighted by molar-refractivity contribution is 7.87. The fourth-order valence-electron chi connectivity index (χ4n) is 2.56. The van der Waals surface area contributed by atoms with E-state index in [1.165, 1.54) is 4.31 Å². The third kappa shape index (κ3) is 4.37. The van der Waals surface area contributed by atoms with Crippen LogP contribution >= 0.6 is 0 Å². The standard InChI is InChI=1S/C12H26N4O3S/c1-11-10-19-12(2)9-16(11)20(17,18)14-5-8-15-6-3-13-4-7-15/h11-14H,3-10H2,1-2H3/t11-,12-/m1/s1. The molecule has 2 N–H and O–H groups in total. The van der Waals surface area contributed by atoms with Gasteiger partial charge in [-0.3, -0.25) is 4.90 Å². The minimum Gasteiger partial charge on any atom is -0.375 e. The monoisotopic (exact) mass is 306 g/mol. The Balaban J connectivity index is 1.80. The van der Waals surface area contributed by atoms with Gasteiger partial charge in [-0.25, -0.2) is 4.72 Å². The number of hydrogen-bond donors (Lipinski definition) is 2. The molecule has 2 rings (SSSR count). The van der Waals surface area contributed by atoms with Gasteiger partial charge in [0.1, 0.15) is 0 Å². The summed E-state index contributed by atoms with van der Waals surface area (Å²) in [6.45, 7) is 9.78. The Bertz CT molecular complexity index is 398. The Kier molecular flexibility index (Phi) is 5.76. The van der Waals surface area contributed by atoms with Gasteiger partial charge in [-0.1, -0.05) is 0 Å². The SMILES string of the molecule is C[C@@H]1CN(S(=O)(=O)NCCN2CCNCC2)[C@H](C)CO1. The fourth-order valence-corrected chi connectivity index (χ4v) is 4.01. The molecule has 0 aliphatic carbocycles. The second kappa shape index (κ2) is 7.15. The summed E-state index contributed by atoms with van der Waals surface area (Å²) in [5.74, 6) is 0. The van der Waals surface area contributed by atoms with Gasteiger partial charge in [-0.15, -0.1) is 0 Å². The van der Waals surface area contributed by atoms with Crippen LogP contribution in [-0.4, -0.2) is 82.2 Å². The molecule has 0 radical (unpaired) electrons. The van der Waals surface area contributed by atoms with Crippen molar-refractivity contribution in [3.05, 3.63) is 0 Å². The highest BCUT2D eigenvalue weighted by atomic mass is 32.2. The predicted octanol–water partition coefficient (Wildman–Crippen LogP) is -1.16. The predicted molar refractivity (Wildman–Crippen MR) is 77.8 cm³/mol. The largest absolute Gasteiger partial charge is 0.375 e. The molecule has 0 spiro atoms. The van der Waals surface area contributed by atoms with E-state index in [0.29, 0.717) is 19.7 Å². The Morgan fingerprint density at radius 3 is 2.70 bits per heavy atom. The molecule has 2 aliphatic rings. The zero-order valence-electron chi connectivity index (χ0n) is 12.3. The average molecular weight is 306 g/mol. The molecule has 0 amide bonds. The molecule has 20 heavy (non-hydrogen) atoms. The summed E-state index contributed by atoms with van der Waals surface area (Å²) in [5.41, 5.74) is 0. The van der Waals surface area contributed by atoms with Crippen molar-refractivity contribution in [2.45, 2.75) is 26.0 Å². The maximum Gasteiger partial charge on any atom is 0.279 e. The second-order valence-corrected chi connectivity index (χ2v) is 7.26. The van der Waals surface area contributed by atoms with Crippen LogP contribution in [0, 0.1) is 0 Å². The van der Waals surface area contributed by atoms with Gasteiger partial charge in [0, 0.05) is 51.9 Å². The van der Waals surface area contributed by atoms with Gasteiger partial charge < -0.3 is 10.1 Å². The number of hydrogen-bond acceptors (Lipinski definition) is 5. The average Bonchev–Trinajstić information content (AvgIpc) is 2.42. The molecule has 0 unspecified atom stereocenters. The van der Waals surface area contributed by atoms with Crippen LogP contribution in [-0.2, 0) is 14.9 Å². The molecule has 0 bridgehead atoms. The zero-order chi connectivity index (χ0) is 14.6. The molecule has 2 saturated heterocycles. The number of piperazine rings is 1. The van der Waals surface area contributed by atoms with Crippen LogP contribution in [0.4, 0.5) is 0 Å². The first-order valence-electron chi connectivity index (χ1n) is 7.30. The van der Waals surface area contributed by atoms with Gasteiger partial charge in [0.2, 0.25) is 0 Å². The van der Waals surface area contributed by atoms with Gasteiger partial charge in [0.25, 0.3) is 10.2 Å². The Morgan fingerprint density at radius 1 is 1.30 bits per heavy atom. The lowest BCUT2D eigenvalue weighted by molar-refractivity contribution is -0.0175. The lowest BCUT2D eigenvalue weighted by atomic mass is 10.2. The molecule has 7 nitrogen and oxygen atoms in total. The van der Waals surface area contributed by atoms with E-state index in [1.807, 2.05) is 13.8 Å². The lowest BCUT2D eigenvalue weighted by Crippen LogP contribution is -2.55. The molecule has 0 aromatic carbocycles. The van der Waals surface area contributed by atoms with E-state index in [0.717, 1.165) is 32.7 Å². The number of ether oxygens (including phenoxy) is 1. The fraction of sp³-hybridized carbons (Fsp3) is 1.00. The maximum atomic E-state index is 12.3. The number of rotatable bonds is 5. The van der Waals surface area contributed by atoms with Crippen molar-refractivity contribution in [3.8, 4) is 0 Å².